The normalized spacial score (nSPS) is 11.4. The van der Waals surface area contributed by atoms with E-state index in [0.29, 0.717) is 0 Å². The summed E-state index contributed by atoms with van der Waals surface area (Å²) in [5.74, 6) is 0. The van der Waals surface area contributed by atoms with Crippen LogP contribution in [0.25, 0.3) is 88.0 Å². The molecule has 1 aromatic heterocycles. The Hall–Kier alpha value is -7.68. The van der Waals surface area contributed by atoms with Gasteiger partial charge in [-0.2, -0.15) is 0 Å². The summed E-state index contributed by atoms with van der Waals surface area (Å²) in [4.78, 5) is 2.32. The van der Waals surface area contributed by atoms with E-state index in [1.165, 1.54) is 44.0 Å². The summed E-state index contributed by atoms with van der Waals surface area (Å²) >= 11 is 0. The van der Waals surface area contributed by atoms with Crippen LogP contribution < -0.4 is 4.90 Å². The Kier molecular flexibility index (Phi) is 8.19. The lowest BCUT2D eigenvalue weighted by molar-refractivity contribution is 0.674. The van der Waals surface area contributed by atoms with E-state index in [9.17, 15) is 0 Å². The van der Waals surface area contributed by atoms with Gasteiger partial charge in [0.05, 0.1) is 0 Å². The molecular formula is C56H37NO. The lowest BCUT2D eigenvalue weighted by atomic mass is 9.94. The first-order valence-electron chi connectivity index (χ1n) is 19.8. The molecule has 0 amide bonds. The zero-order valence-electron chi connectivity index (χ0n) is 31.7. The number of para-hydroxylation sites is 2. The molecule has 0 unspecified atom stereocenters. The molecule has 0 radical (unpaired) electrons. The molecule has 0 fully saturated rings. The Morgan fingerprint density at radius 3 is 1.43 bits per heavy atom. The second-order valence-corrected chi connectivity index (χ2v) is 14.9. The third-order valence-electron chi connectivity index (χ3n) is 11.5. The van der Waals surface area contributed by atoms with Crippen molar-refractivity contribution >= 4 is 60.5 Å². The number of fused-ring (bicyclic) bond motifs is 6. The molecule has 0 atom stereocenters. The number of benzene rings is 10. The Morgan fingerprint density at radius 1 is 0.259 bits per heavy atom. The predicted octanol–water partition coefficient (Wildman–Crippen LogP) is 16.0. The van der Waals surface area contributed by atoms with Crippen molar-refractivity contribution in [2.24, 2.45) is 0 Å². The van der Waals surface area contributed by atoms with Gasteiger partial charge in [-0.1, -0.05) is 176 Å². The molecule has 1 heterocycles. The van der Waals surface area contributed by atoms with Crippen LogP contribution in [-0.2, 0) is 0 Å². The topological polar surface area (TPSA) is 16.4 Å². The Labute approximate surface area is 337 Å². The highest BCUT2D eigenvalue weighted by Crippen LogP contribution is 2.44. The Bertz CT molecular complexity index is 3240. The maximum absolute atomic E-state index is 6.86. The summed E-state index contributed by atoms with van der Waals surface area (Å²) in [7, 11) is 0. The van der Waals surface area contributed by atoms with Crippen molar-refractivity contribution in [2.45, 2.75) is 0 Å². The van der Waals surface area contributed by atoms with Crippen molar-refractivity contribution in [1.29, 1.82) is 0 Å². The quantitative estimate of drug-likeness (QED) is 0.162. The molecular weight excluding hydrogens is 703 g/mol. The van der Waals surface area contributed by atoms with E-state index in [-0.39, 0.29) is 0 Å². The second-order valence-electron chi connectivity index (χ2n) is 14.9. The summed E-state index contributed by atoms with van der Waals surface area (Å²) in [6.07, 6.45) is 0. The zero-order chi connectivity index (χ0) is 38.4. The maximum atomic E-state index is 6.86. The molecule has 0 aliphatic carbocycles. The van der Waals surface area contributed by atoms with E-state index in [1.807, 2.05) is 0 Å². The number of furan rings is 1. The second kappa shape index (κ2) is 14.1. The first-order valence-corrected chi connectivity index (χ1v) is 19.8. The van der Waals surface area contributed by atoms with Crippen LogP contribution in [0.15, 0.2) is 229 Å². The molecule has 0 aliphatic heterocycles. The summed E-state index contributed by atoms with van der Waals surface area (Å²) in [6, 6.07) is 80.5. The molecule has 0 saturated heterocycles. The van der Waals surface area contributed by atoms with Crippen molar-refractivity contribution < 1.29 is 4.42 Å². The monoisotopic (exact) mass is 739 g/mol. The summed E-state index contributed by atoms with van der Waals surface area (Å²) < 4.78 is 6.86. The van der Waals surface area contributed by atoms with Crippen molar-refractivity contribution in [3.8, 4) is 44.5 Å². The van der Waals surface area contributed by atoms with Gasteiger partial charge in [-0.05, 0) is 104 Å². The van der Waals surface area contributed by atoms with Crippen LogP contribution in [0.3, 0.4) is 0 Å². The van der Waals surface area contributed by atoms with Gasteiger partial charge < -0.3 is 9.32 Å². The fourth-order valence-electron chi connectivity index (χ4n) is 8.55. The van der Waals surface area contributed by atoms with Gasteiger partial charge in [0.1, 0.15) is 11.2 Å². The first kappa shape index (κ1) is 33.6. The van der Waals surface area contributed by atoms with E-state index in [2.05, 4.69) is 229 Å². The van der Waals surface area contributed by atoms with Gasteiger partial charge in [-0.25, -0.2) is 0 Å². The SMILES string of the molecule is c1ccc(-c2ccc(-c3ccc(N(c4ccccc4)c4ccc(-c5cc6c7cccc(-c8ccc9ccccc9c8)c7oc6c6ccccc56)cc4)cc3)cc2)cc1. The standard InChI is InChI=1S/C56H37NO/c1-3-12-38(13-4-1)40-22-24-41(25-23-40)42-28-32-47(33-29-42)57(46-16-5-2-6-17-46)48-34-30-43(31-35-48)53-37-54-52-21-11-20-49(45-27-26-39-14-7-8-15-44(39)36-45)55(52)58-56(54)51-19-10-9-18-50(51)53/h1-37H. The van der Waals surface area contributed by atoms with Crippen LogP contribution >= 0.6 is 0 Å². The lowest BCUT2D eigenvalue weighted by Gasteiger charge is -2.26. The minimum absolute atomic E-state index is 0.916. The summed E-state index contributed by atoms with van der Waals surface area (Å²) in [6.45, 7) is 0. The van der Waals surface area contributed by atoms with Gasteiger partial charge >= 0.3 is 0 Å². The molecule has 0 spiro atoms. The van der Waals surface area contributed by atoms with Crippen LogP contribution in [0.5, 0.6) is 0 Å². The van der Waals surface area contributed by atoms with Crippen molar-refractivity contribution in [3.63, 3.8) is 0 Å². The number of nitrogens with zero attached hydrogens (tertiary/aromatic N) is 1. The van der Waals surface area contributed by atoms with Crippen LogP contribution in [0.2, 0.25) is 0 Å². The molecule has 2 nitrogen and oxygen atoms in total. The van der Waals surface area contributed by atoms with Crippen molar-refractivity contribution in [1.82, 2.24) is 0 Å². The van der Waals surface area contributed by atoms with Gasteiger partial charge in [0.15, 0.2) is 0 Å². The maximum Gasteiger partial charge on any atom is 0.143 e. The molecule has 10 aromatic carbocycles. The largest absolute Gasteiger partial charge is 0.455 e. The summed E-state index contributed by atoms with van der Waals surface area (Å²) in [5.41, 5.74) is 14.6. The third-order valence-corrected chi connectivity index (χ3v) is 11.5. The fourth-order valence-corrected chi connectivity index (χ4v) is 8.55. The van der Waals surface area contributed by atoms with E-state index in [4.69, 9.17) is 4.42 Å². The van der Waals surface area contributed by atoms with E-state index < -0.39 is 0 Å². The number of rotatable bonds is 7. The lowest BCUT2D eigenvalue weighted by Crippen LogP contribution is -2.09. The van der Waals surface area contributed by atoms with Crippen LogP contribution in [-0.4, -0.2) is 0 Å². The molecule has 0 saturated carbocycles. The Balaban J connectivity index is 0.967. The van der Waals surface area contributed by atoms with Gasteiger partial charge in [-0.3, -0.25) is 0 Å². The zero-order valence-corrected chi connectivity index (χ0v) is 31.7. The van der Waals surface area contributed by atoms with Crippen LogP contribution in [0, 0.1) is 0 Å². The van der Waals surface area contributed by atoms with Crippen LogP contribution in [0.4, 0.5) is 17.1 Å². The van der Waals surface area contributed by atoms with Gasteiger partial charge in [-0.15, -0.1) is 0 Å². The molecule has 11 rings (SSSR count). The van der Waals surface area contributed by atoms with E-state index in [1.54, 1.807) is 0 Å². The smallest absolute Gasteiger partial charge is 0.143 e. The highest BCUT2D eigenvalue weighted by atomic mass is 16.3. The Morgan fingerprint density at radius 2 is 0.741 bits per heavy atom. The average Bonchev–Trinajstić information content (AvgIpc) is 3.69. The first-order chi connectivity index (χ1) is 28.7. The number of anilines is 3. The molecule has 0 bridgehead atoms. The average molecular weight is 740 g/mol. The predicted molar refractivity (Wildman–Crippen MR) is 245 cm³/mol. The van der Waals surface area contributed by atoms with Gasteiger partial charge in [0.25, 0.3) is 0 Å². The van der Waals surface area contributed by atoms with Crippen LogP contribution in [0.1, 0.15) is 0 Å². The highest BCUT2D eigenvalue weighted by Gasteiger charge is 2.19. The minimum Gasteiger partial charge on any atom is -0.455 e. The molecule has 0 aliphatic rings. The fraction of sp³-hybridized carbons (Fsp3) is 0. The van der Waals surface area contributed by atoms with E-state index in [0.717, 1.165) is 61.1 Å². The minimum atomic E-state index is 0.916. The summed E-state index contributed by atoms with van der Waals surface area (Å²) in [5, 5.41) is 6.97. The van der Waals surface area contributed by atoms with Crippen molar-refractivity contribution in [3.05, 3.63) is 224 Å². The number of hydrogen-bond acceptors (Lipinski definition) is 2. The van der Waals surface area contributed by atoms with Gasteiger partial charge in [0.2, 0.25) is 0 Å². The molecule has 2 heteroatoms. The van der Waals surface area contributed by atoms with Gasteiger partial charge in [0, 0.05) is 38.8 Å². The molecule has 0 N–H and O–H groups in total. The van der Waals surface area contributed by atoms with Crippen molar-refractivity contribution in [2.75, 3.05) is 4.90 Å². The molecule has 272 valence electrons. The third kappa shape index (κ3) is 5.91. The molecule has 58 heavy (non-hydrogen) atoms. The number of hydrogen-bond donors (Lipinski definition) is 0. The van der Waals surface area contributed by atoms with E-state index >= 15 is 0 Å². The highest BCUT2D eigenvalue weighted by molar-refractivity contribution is 6.20. The molecule has 11 aromatic rings.